The summed E-state index contributed by atoms with van der Waals surface area (Å²) >= 11 is 0. The lowest BCUT2D eigenvalue weighted by Gasteiger charge is -2.38. The largest absolute Gasteiger partial charge is 0.508 e. The van der Waals surface area contributed by atoms with Crippen LogP contribution in [0.3, 0.4) is 0 Å². The van der Waals surface area contributed by atoms with Gasteiger partial charge in [0.15, 0.2) is 0 Å². The Morgan fingerprint density at radius 2 is 1.93 bits per heavy atom. The Morgan fingerprint density at radius 3 is 2.36 bits per heavy atom. The molecule has 14 heavy (non-hydrogen) atoms. The van der Waals surface area contributed by atoms with E-state index in [1.807, 2.05) is 0 Å². The molecule has 1 fully saturated rings. The van der Waals surface area contributed by atoms with Gasteiger partial charge in [-0.2, -0.15) is 0 Å². The average Bonchev–Trinajstić information content (AvgIpc) is 1.99. The van der Waals surface area contributed by atoms with Gasteiger partial charge in [0.25, 0.3) is 0 Å². The van der Waals surface area contributed by atoms with Crippen LogP contribution < -0.4 is 5.73 Å². The Morgan fingerprint density at radius 1 is 1.29 bits per heavy atom. The summed E-state index contributed by atoms with van der Waals surface area (Å²) in [5.41, 5.74) is 5.27. The zero-order chi connectivity index (χ0) is 10.3. The number of hydrogen-bond acceptors (Lipinski definition) is 3. The van der Waals surface area contributed by atoms with Crippen LogP contribution in [-0.2, 0) is 5.54 Å². The maximum atomic E-state index is 13.4. The smallest absolute Gasteiger partial charge is 0.135 e. The Balaban J connectivity index is 2.52. The minimum absolute atomic E-state index is 0.126. The first kappa shape index (κ1) is 9.27. The van der Waals surface area contributed by atoms with E-state index in [1.165, 1.54) is 0 Å². The summed E-state index contributed by atoms with van der Waals surface area (Å²) in [6.45, 7) is 0. The van der Waals surface area contributed by atoms with Crippen molar-refractivity contribution >= 4 is 0 Å². The molecule has 0 radical (unpaired) electrons. The molecule has 2 rings (SSSR count). The molecule has 1 saturated carbocycles. The zero-order valence-corrected chi connectivity index (χ0v) is 7.63. The molecule has 0 aliphatic heterocycles. The molecule has 0 saturated heterocycles. The second-order valence-electron chi connectivity index (χ2n) is 3.83. The Kier molecular flexibility index (Phi) is 1.89. The van der Waals surface area contributed by atoms with E-state index in [-0.39, 0.29) is 17.1 Å². The lowest BCUT2D eigenvalue weighted by molar-refractivity contribution is 0.236. The zero-order valence-electron chi connectivity index (χ0n) is 7.63. The van der Waals surface area contributed by atoms with Gasteiger partial charge < -0.3 is 15.9 Å². The molecule has 0 unspecified atom stereocenters. The number of benzene rings is 1. The molecule has 1 aromatic carbocycles. The fourth-order valence-corrected chi connectivity index (χ4v) is 1.88. The van der Waals surface area contributed by atoms with Gasteiger partial charge in [-0.15, -0.1) is 0 Å². The summed E-state index contributed by atoms with van der Waals surface area (Å²) < 4.78 is 13.4. The standard InChI is InChI=1S/C10H12FNO2/c11-7-4-6(13)5-8(14)9(7)10(12)2-1-3-10/h4-5,13-14H,1-3,12H2. The summed E-state index contributed by atoms with van der Waals surface area (Å²) in [6, 6.07) is 2.09. The molecule has 0 spiro atoms. The van der Waals surface area contributed by atoms with Crippen molar-refractivity contribution in [1.82, 2.24) is 0 Å². The van der Waals surface area contributed by atoms with E-state index in [2.05, 4.69) is 0 Å². The molecule has 1 aliphatic carbocycles. The fourth-order valence-electron chi connectivity index (χ4n) is 1.88. The van der Waals surface area contributed by atoms with E-state index < -0.39 is 11.4 Å². The summed E-state index contributed by atoms with van der Waals surface area (Å²) in [5.74, 6) is -1.18. The third-order valence-electron chi connectivity index (χ3n) is 2.80. The molecule has 1 aliphatic rings. The van der Waals surface area contributed by atoms with E-state index in [4.69, 9.17) is 10.8 Å². The summed E-state index contributed by atoms with van der Waals surface area (Å²) in [7, 11) is 0. The molecule has 3 nitrogen and oxygen atoms in total. The van der Waals surface area contributed by atoms with Crippen molar-refractivity contribution < 1.29 is 14.6 Å². The second-order valence-corrected chi connectivity index (χ2v) is 3.83. The van der Waals surface area contributed by atoms with Crippen LogP contribution in [0.25, 0.3) is 0 Å². The Bertz CT molecular complexity index is 351. The van der Waals surface area contributed by atoms with Gasteiger partial charge in [-0.3, -0.25) is 0 Å². The minimum atomic E-state index is -0.748. The third kappa shape index (κ3) is 1.23. The number of halogens is 1. The summed E-state index contributed by atoms with van der Waals surface area (Å²) in [6.07, 6.45) is 2.28. The van der Waals surface area contributed by atoms with Gasteiger partial charge in [-0.25, -0.2) is 4.39 Å². The van der Waals surface area contributed by atoms with E-state index in [9.17, 15) is 9.50 Å². The first-order valence-corrected chi connectivity index (χ1v) is 4.54. The van der Waals surface area contributed by atoms with Crippen LogP contribution in [-0.4, -0.2) is 10.2 Å². The highest BCUT2D eigenvalue weighted by Gasteiger charge is 2.39. The minimum Gasteiger partial charge on any atom is -0.508 e. The van der Waals surface area contributed by atoms with Crippen LogP contribution in [0.15, 0.2) is 12.1 Å². The van der Waals surface area contributed by atoms with E-state index in [0.29, 0.717) is 12.8 Å². The molecule has 0 bridgehead atoms. The highest BCUT2D eigenvalue weighted by molar-refractivity contribution is 5.45. The quantitative estimate of drug-likeness (QED) is 0.640. The van der Waals surface area contributed by atoms with Gasteiger partial charge in [0, 0.05) is 23.2 Å². The lowest BCUT2D eigenvalue weighted by Crippen LogP contribution is -2.44. The maximum Gasteiger partial charge on any atom is 0.135 e. The monoisotopic (exact) mass is 197 g/mol. The number of rotatable bonds is 1. The van der Waals surface area contributed by atoms with E-state index in [0.717, 1.165) is 18.6 Å². The van der Waals surface area contributed by atoms with Crippen molar-refractivity contribution in [2.45, 2.75) is 24.8 Å². The Labute approximate surface area is 81.0 Å². The Hall–Kier alpha value is -1.29. The number of phenolic OH excluding ortho intramolecular Hbond substituents is 2. The predicted octanol–water partition coefficient (Wildman–Crippen LogP) is 1.57. The van der Waals surface area contributed by atoms with E-state index in [1.54, 1.807) is 0 Å². The molecule has 4 N–H and O–H groups in total. The number of aromatic hydroxyl groups is 2. The molecule has 76 valence electrons. The molecular formula is C10H12FNO2. The first-order chi connectivity index (χ1) is 6.53. The lowest BCUT2D eigenvalue weighted by atomic mass is 9.72. The van der Waals surface area contributed by atoms with Crippen molar-refractivity contribution in [2.75, 3.05) is 0 Å². The number of phenols is 2. The van der Waals surface area contributed by atoms with Crippen LogP contribution in [0.1, 0.15) is 24.8 Å². The van der Waals surface area contributed by atoms with Gasteiger partial charge in [-0.05, 0) is 19.3 Å². The third-order valence-corrected chi connectivity index (χ3v) is 2.80. The second kappa shape index (κ2) is 2.85. The number of hydrogen-bond donors (Lipinski definition) is 3. The molecule has 0 amide bonds. The van der Waals surface area contributed by atoms with Crippen LogP contribution >= 0.6 is 0 Å². The SMILES string of the molecule is NC1(c2c(O)cc(O)cc2F)CCC1. The summed E-state index contributed by atoms with van der Waals surface area (Å²) in [5, 5.41) is 18.5. The normalized spacial score (nSPS) is 19.0. The molecule has 0 atom stereocenters. The van der Waals surface area contributed by atoms with Crippen LogP contribution in [0.4, 0.5) is 4.39 Å². The summed E-state index contributed by atoms with van der Waals surface area (Å²) in [4.78, 5) is 0. The van der Waals surface area contributed by atoms with Crippen molar-refractivity contribution in [3.63, 3.8) is 0 Å². The van der Waals surface area contributed by atoms with Gasteiger partial charge >= 0.3 is 0 Å². The number of nitrogens with two attached hydrogens (primary N) is 1. The van der Waals surface area contributed by atoms with E-state index >= 15 is 0 Å². The fraction of sp³-hybridized carbons (Fsp3) is 0.400. The molecule has 4 heteroatoms. The van der Waals surface area contributed by atoms with Crippen LogP contribution in [0.5, 0.6) is 11.5 Å². The predicted molar refractivity (Wildman–Crippen MR) is 49.4 cm³/mol. The van der Waals surface area contributed by atoms with Crippen molar-refractivity contribution in [1.29, 1.82) is 0 Å². The average molecular weight is 197 g/mol. The van der Waals surface area contributed by atoms with Crippen molar-refractivity contribution in [2.24, 2.45) is 5.73 Å². The first-order valence-electron chi connectivity index (χ1n) is 4.54. The van der Waals surface area contributed by atoms with Gasteiger partial charge in [0.1, 0.15) is 17.3 Å². The van der Waals surface area contributed by atoms with Gasteiger partial charge in [-0.1, -0.05) is 0 Å². The van der Waals surface area contributed by atoms with Gasteiger partial charge in [0.05, 0.1) is 0 Å². The molecule has 1 aromatic rings. The molecular weight excluding hydrogens is 185 g/mol. The van der Waals surface area contributed by atoms with Crippen LogP contribution in [0.2, 0.25) is 0 Å². The highest BCUT2D eigenvalue weighted by Crippen LogP contribution is 2.44. The molecule has 0 aromatic heterocycles. The molecule has 0 heterocycles. The van der Waals surface area contributed by atoms with Crippen LogP contribution in [0, 0.1) is 5.82 Å². The highest BCUT2D eigenvalue weighted by atomic mass is 19.1. The van der Waals surface area contributed by atoms with Crippen molar-refractivity contribution in [3.05, 3.63) is 23.5 Å². The maximum absolute atomic E-state index is 13.4. The van der Waals surface area contributed by atoms with Gasteiger partial charge in [0.2, 0.25) is 0 Å². The topological polar surface area (TPSA) is 66.5 Å². The van der Waals surface area contributed by atoms with Crippen molar-refractivity contribution in [3.8, 4) is 11.5 Å².